The molecule has 2 aromatic carbocycles. The molecule has 1 aliphatic heterocycles. The van der Waals surface area contributed by atoms with Gasteiger partial charge in [0.1, 0.15) is 11.6 Å². The summed E-state index contributed by atoms with van der Waals surface area (Å²) in [6.07, 6.45) is 5.11. The van der Waals surface area contributed by atoms with E-state index in [-0.39, 0.29) is 28.1 Å². The molecule has 1 heterocycles. The predicted molar refractivity (Wildman–Crippen MR) is 134 cm³/mol. The van der Waals surface area contributed by atoms with Crippen molar-refractivity contribution in [3.63, 3.8) is 0 Å². The van der Waals surface area contributed by atoms with Gasteiger partial charge in [-0.05, 0) is 66.9 Å². The Morgan fingerprint density at radius 2 is 1.88 bits per heavy atom. The first-order valence-corrected chi connectivity index (χ1v) is 14.2. The standard InChI is InChI=1S/C26H34F2N2O3S/c1-3-34(2,26(31)32)29-19-9-6-7-14-30(33,17-19)16-18-15-22(18)20-10-4-5-11-21(20)25-23(27)12-8-13-24(25)28/h4-5,8,10-13,18-19,22,29H,3,6-7,9,14-17H2,1-2H3,(H,31,32). The molecular formula is C26H34F2N2O3S. The number of rotatable bonds is 7. The number of quaternary nitrogens is 1. The summed E-state index contributed by atoms with van der Waals surface area (Å²) in [4.78, 5) is 11.8. The first-order chi connectivity index (χ1) is 16.2. The van der Waals surface area contributed by atoms with Crippen LogP contribution in [0.5, 0.6) is 0 Å². The van der Waals surface area contributed by atoms with E-state index < -0.39 is 27.1 Å². The smallest absolute Gasteiger partial charge is 0.359 e. The van der Waals surface area contributed by atoms with Crippen molar-refractivity contribution in [1.82, 2.24) is 4.72 Å². The summed E-state index contributed by atoms with van der Waals surface area (Å²) in [7, 11) is -2.02. The fourth-order valence-corrected chi connectivity index (χ4v) is 6.77. The van der Waals surface area contributed by atoms with Gasteiger partial charge in [-0.3, -0.25) is 4.72 Å². The van der Waals surface area contributed by atoms with Crippen LogP contribution in [-0.4, -0.2) is 52.7 Å². The Morgan fingerprint density at radius 1 is 1.18 bits per heavy atom. The van der Waals surface area contributed by atoms with Crippen molar-refractivity contribution < 1.29 is 23.3 Å². The molecule has 4 rings (SSSR count). The van der Waals surface area contributed by atoms with Crippen LogP contribution in [0.4, 0.5) is 13.6 Å². The predicted octanol–water partition coefficient (Wildman–Crippen LogP) is 6.24. The lowest BCUT2D eigenvalue weighted by Gasteiger charge is -2.45. The van der Waals surface area contributed by atoms with Crippen molar-refractivity contribution >= 4 is 15.5 Å². The van der Waals surface area contributed by atoms with Crippen molar-refractivity contribution in [3.05, 3.63) is 64.9 Å². The maximum atomic E-state index is 14.5. The van der Waals surface area contributed by atoms with Crippen LogP contribution < -0.4 is 4.72 Å². The number of hydrogen-bond acceptors (Lipinski definition) is 3. The Balaban J connectivity index is 1.50. The molecule has 0 radical (unpaired) electrons. The van der Waals surface area contributed by atoms with Crippen molar-refractivity contribution in [1.29, 1.82) is 0 Å². The van der Waals surface area contributed by atoms with Crippen LogP contribution in [0, 0.1) is 22.8 Å². The molecular weight excluding hydrogens is 458 g/mol. The van der Waals surface area contributed by atoms with Crippen LogP contribution in [0.3, 0.4) is 0 Å². The lowest BCUT2D eigenvalue weighted by molar-refractivity contribution is -0.882. The highest BCUT2D eigenvalue weighted by Crippen LogP contribution is 2.52. The van der Waals surface area contributed by atoms with Crippen LogP contribution in [0.2, 0.25) is 0 Å². The Morgan fingerprint density at radius 3 is 2.56 bits per heavy atom. The first kappa shape index (κ1) is 25.1. The first-order valence-electron chi connectivity index (χ1n) is 12.0. The summed E-state index contributed by atoms with van der Waals surface area (Å²) >= 11 is 0. The lowest BCUT2D eigenvalue weighted by atomic mass is 9.95. The highest BCUT2D eigenvalue weighted by molar-refractivity contribution is 8.43. The minimum Gasteiger partial charge on any atom is -0.633 e. The SMILES string of the molecule is CCS(C)(NC1CCCC[N+]([O-])(CC2CC2c2ccccc2-c2c(F)cccc2F)C1)C(=O)O. The molecule has 2 fully saturated rings. The molecule has 1 saturated heterocycles. The van der Waals surface area contributed by atoms with Crippen molar-refractivity contribution in [3.8, 4) is 11.1 Å². The summed E-state index contributed by atoms with van der Waals surface area (Å²) in [5.74, 6) is -0.404. The molecule has 5 unspecified atom stereocenters. The van der Waals surface area contributed by atoms with Gasteiger partial charge in [0.15, 0.2) is 0 Å². The van der Waals surface area contributed by atoms with Crippen LogP contribution in [0.25, 0.3) is 11.1 Å². The van der Waals surface area contributed by atoms with Gasteiger partial charge in [0.2, 0.25) is 0 Å². The summed E-state index contributed by atoms with van der Waals surface area (Å²) in [5, 5.41) is 22.7. The normalized spacial score (nSPS) is 29.6. The van der Waals surface area contributed by atoms with E-state index in [2.05, 4.69) is 4.72 Å². The average molecular weight is 493 g/mol. The molecule has 0 spiro atoms. The van der Waals surface area contributed by atoms with Crippen molar-refractivity contribution in [2.24, 2.45) is 5.92 Å². The number of carbonyl (C=O) groups is 1. The van der Waals surface area contributed by atoms with Gasteiger partial charge in [-0.1, -0.05) is 47.5 Å². The number of nitrogens with one attached hydrogen (secondary N) is 1. The molecule has 2 N–H and O–H groups in total. The van der Waals surface area contributed by atoms with Gasteiger partial charge in [0.25, 0.3) is 0 Å². The second-order valence-electron chi connectivity index (χ2n) is 9.89. The third-order valence-corrected chi connectivity index (χ3v) is 10.2. The van der Waals surface area contributed by atoms with Gasteiger partial charge >= 0.3 is 5.30 Å². The maximum Gasteiger partial charge on any atom is 0.359 e. The van der Waals surface area contributed by atoms with E-state index in [0.717, 1.165) is 31.2 Å². The number of halogens is 2. The fourth-order valence-electron chi connectivity index (χ4n) is 5.32. The van der Waals surface area contributed by atoms with E-state index in [0.29, 0.717) is 31.0 Å². The van der Waals surface area contributed by atoms with Gasteiger partial charge < -0.3 is 15.0 Å². The van der Waals surface area contributed by atoms with Crippen LogP contribution in [-0.2, 0) is 0 Å². The van der Waals surface area contributed by atoms with Crippen molar-refractivity contribution in [2.75, 3.05) is 31.6 Å². The molecule has 5 nitrogen and oxygen atoms in total. The van der Waals surface area contributed by atoms with Crippen LogP contribution in [0.1, 0.15) is 44.1 Å². The van der Waals surface area contributed by atoms with E-state index >= 15 is 0 Å². The number of nitrogens with zero attached hydrogens (tertiary/aromatic N) is 1. The molecule has 0 amide bonds. The molecule has 34 heavy (non-hydrogen) atoms. The Kier molecular flexibility index (Phi) is 7.33. The fraction of sp³-hybridized carbons (Fsp3) is 0.500. The second kappa shape index (κ2) is 9.93. The number of hydrogen-bond donors (Lipinski definition) is 2. The highest BCUT2D eigenvalue weighted by atomic mass is 32.3. The molecule has 2 aliphatic rings. The Bertz CT molecular complexity index is 1030. The molecule has 1 saturated carbocycles. The summed E-state index contributed by atoms with van der Waals surface area (Å²) in [6.45, 7) is 3.21. The van der Waals surface area contributed by atoms with E-state index in [1.165, 1.54) is 18.2 Å². The van der Waals surface area contributed by atoms with E-state index in [4.69, 9.17) is 0 Å². The third-order valence-electron chi connectivity index (χ3n) is 7.39. The molecule has 0 aromatic heterocycles. The number of hydroxylamine groups is 3. The minimum absolute atomic E-state index is 0.00990. The third kappa shape index (κ3) is 5.30. The van der Waals surface area contributed by atoms with E-state index in [1.807, 2.05) is 19.1 Å². The zero-order chi connectivity index (χ0) is 24.5. The second-order valence-corrected chi connectivity index (χ2v) is 13.2. The zero-order valence-electron chi connectivity index (χ0n) is 19.8. The number of carboxylic acid groups (broad SMARTS) is 1. The average Bonchev–Trinajstić information content (AvgIpc) is 3.57. The molecule has 0 bridgehead atoms. The van der Waals surface area contributed by atoms with Gasteiger partial charge in [0.05, 0.1) is 31.2 Å². The zero-order valence-corrected chi connectivity index (χ0v) is 20.6. The van der Waals surface area contributed by atoms with Crippen molar-refractivity contribution in [2.45, 2.75) is 44.6 Å². The molecule has 1 aliphatic carbocycles. The van der Waals surface area contributed by atoms with Gasteiger partial charge in [-0.2, -0.15) is 0 Å². The number of likely N-dealkylation sites (tertiary alicyclic amines) is 1. The monoisotopic (exact) mass is 492 g/mol. The number of benzene rings is 2. The summed E-state index contributed by atoms with van der Waals surface area (Å²) < 4.78 is 32.0. The Hall–Kier alpha value is -2.00. The topological polar surface area (TPSA) is 72.4 Å². The molecule has 5 atom stereocenters. The van der Waals surface area contributed by atoms with Gasteiger partial charge in [-0.25, -0.2) is 13.6 Å². The maximum absolute atomic E-state index is 14.5. The van der Waals surface area contributed by atoms with Crippen LogP contribution >= 0.6 is 10.2 Å². The summed E-state index contributed by atoms with van der Waals surface area (Å²) in [6, 6.07) is 11.1. The van der Waals surface area contributed by atoms with E-state index in [1.54, 1.807) is 18.4 Å². The Labute approximate surface area is 201 Å². The lowest BCUT2D eigenvalue weighted by Crippen LogP contribution is -2.52. The van der Waals surface area contributed by atoms with Crippen LogP contribution in [0.15, 0.2) is 42.5 Å². The summed E-state index contributed by atoms with van der Waals surface area (Å²) in [5.41, 5.74) is 1.44. The minimum atomic E-state index is -2.02. The molecule has 8 heteroatoms. The molecule has 186 valence electrons. The van der Waals surface area contributed by atoms with E-state index in [9.17, 15) is 23.9 Å². The quantitative estimate of drug-likeness (QED) is 0.355. The highest BCUT2D eigenvalue weighted by Gasteiger charge is 2.45. The van der Waals surface area contributed by atoms with Gasteiger partial charge in [0, 0.05) is 5.92 Å². The largest absolute Gasteiger partial charge is 0.633 e. The van der Waals surface area contributed by atoms with Gasteiger partial charge in [-0.15, -0.1) is 0 Å². The molecule has 2 aromatic rings.